The number of hydrogen-bond donors (Lipinski definition) is 0. The van der Waals surface area contributed by atoms with Gasteiger partial charge in [-0.3, -0.25) is 6.39 Å². The molecule has 0 nitrogen and oxygen atoms in total. The van der Waals surface area contributed by atoms with E-state index in [-0.39, 0.29) is 36.0 Å². The fraction of sp³-hybridized carbons (Fsp3) is 0. The van der Waals surface area contributed by atoms with Crippen LogP contribution < -0.4 is 0 Å². The Kier molecular flexibility index (Phi) is 19.3. The van der Waals surface area contributed by atoms with Crippen molar-refractivity contribution in [1.29, 1.82) is 0 Å². The second-order valence-electron chi connectivity index (χ2n) is 9.24. The molecular weight excluding hydrogens is 400 g/mol. The minimum Gasteiger partial charge on any atom is -0.264 e. The van der Waals surface area contributed by atoms with Crippen molar-refractivity contribution in [1.82, 2.24) is 0 Å². The Labute approximate surface area is 261 Å². The highest BCUT2D eigenvalue weighted by atomic mass is 13.4. The maximum Gasteiger partial charge on any atom is -0.000000000000246 e. The summed E-state index contributed by atoms with van der Waals surface area (Å²) in [5.74, 6) is 0. The topological polar surface area (TPSA) is 0 Å². The van der Waals surface area contributed by atoms with Crippen molar-refractivity contribution in [3.8, 4) is 0 Å². The molecule has 0 heterocycles. The molecule has 0 rings (SSSR count). The lowest BCUT2D eigenvalue weighted by Crippen LogP contribution is -2.91. The van der Waals surface area contributed by atoms with Crippen molar-refractivity contribution in [2.24, 2.45) is 0 Å². The van der Waals surface area contributed by atoms with Crippen molar-refractivity contribution in [2.75, 3.05) is 0 Å². The molecule has 0 aromatic carbocycles. The van der Waals surface area contributed by atoms with Gasteiger partial charge in [0.25, 0.3) is 0 Å². The van der Waals surface area contributed by atoms with Gasteiger partial charge >= 0.3 is 0 Å². The summed E-state index contributed by atoms with van der Waals surface area (Å²) in [5, 5.41) is 0. The van der Waals surface area contributed by atoms with Gasteiger partial charge in [-0.25, -0.2) is 0 Å². The molecule has 0 atom stereocenters. The van der Waals surface area contributed by atoms with Crippen molar-refractivity contribution in [2.45, 2.75) is 0 Å². The molecule has 0 aromatic heterocycles. The Hall–Kier alpha value is 2.40. The first-order valence-electron chi connectivity index (χ1n) is 11.0. The molecule has 0 aromatic rings. The molecule has 123 valence electrons. The van der Waals surface area contributed by atoms with E-state index in [1.165, 1.54) is 0 Å². The molecule has 37 heteroatoms. The summed E-state index contributed by atoms with van der Waals surface area (Å²) in [4.78, 5) is 0. The summed E-state index contributed by atoms with van der Waals surface area (Å²) in [6.45, 7) is 0. The molecule has 0 amide bonds. The quantitative estimate of drug-likeness (QED) is 0.210. The fourth-order valence-electron chi connectivity index (χ4n) is 5.39. The van der Waals surface area contributed by atoms with E-state index >= 15 is 0 Å². The molecule has 0 saturated heterocycles. The van der Waals surface area contributed by atoms with E-state index in [1.54, 1.807) is 0 Å². The third kappa shape index (κ3) is 10.9. The van der Waals surface area contributed by atoms with Crippen LogP contribution in [0.25, 0.3) is 0 Å². The largest absolute Gasteiger partial charge is 0.264 e. The lowest BCUT2D eigenvalue weighted by Gasteiger charge is -2.55. The van der Waals surface area contributed by atoms with Crippen molar-refractivity contribution in [3.05, 3.63) is 0 Å². The van der Waals surface area contributed by atoms with Crippen LogP contribution in [0, 0.1) is 0 Å². The highest BCUT2D eigenvalue weighted by Gasteiger charge is 2.54. The van der Waals surface area contributed by atoms with Gasteiger partial charge in [0.05, 0.1) is 0 Å². The van der Waals surface area contributed by atoms with E-state index in [9.17, 15) is 0 Å². The average Bonchev–Trinajstić information content (AvgIpc) is 2.68. The van der Waals surface area contributed by atoms with E-state index in [4.69, 9.17) is 124 Å². The minimum absolute atomic E-state index is 0.0441. The summed E-state index contributed by atoms with van der Waals surface area (Å²) in [6, 6.07) is 0. The molecule has 0 aliphatic heterocycles. The van der Waals surface area contributed by atoms with E-state index < -0.39 is 89.4 Å². The van der Waals surface area contributed by atoms with Crippen LogP contribution in [-0.2, 0) is 0 Å². The summed E-state index contributed by atoms with van der Waals surface area (Å²) in [7, 11) is 103. The molecule has 0 fully saturated rings. The van der Waals surface area contributed by atoms with Crippen molar-refractivity contribution >= 4 is 263 Å². The van der Waals surface area contributed by atoms with E-state index in [0.29, 0.717) is 6.39 Å². The van der Waals surface area contributed by atoms with Gasteiger partial charge in [-0.2, -0.15) is 7.06 Å². The summed E-state index contributed by atoms with van der Waals surface area (Å²) in [6.07, 6.45) is -11.7. The van der Waals surface area contributed by atoms with Gasteiger partial charge in [0.1, 0.15) is 0 Å². The van der Waals surface area contributed by atoms with Gasteiger partial charge in [-0.1, -0.05) is 14.1 Å². The second kappa shape index (κ2) is 18.2. The number of hydrogen-bond acceptors (Lipinski definition) is 0. The maximum absolute atomic E-state index is 6.37. The Balaban J connectivity index is 7.97. The highest BCUT2D eigenvalue weighted by molar-refractivity contribution is 8.31. The highest BCUT2D eigenvalue weighted by Crippen LogP contribution is 2.17. The predicted octanol–water partition coefficient (Wildman–Crippen LogP) is -16.5. The first-order valence-corrected chi connectivity index (χ1v) is 11.0. The van der Waals surface area contributed by atoms with E-state index in [1.807, 2.05) is 0 Å². The van der Waals surface area contributed by atoms with Crippen LogP contribution >= 0.6 is 0 Å². The molecule has 0 saturated carbocycles. The van der Waals surface area contributed by atoms with Gasteiger partial charge in [0.15, 0.2) is 0 Å². The van der Waals surface area contributed by atoms with Gasteiger partial charge in [0, 0.05) is 0 Å². The molecule has 33 radical (unpaired) electrons. The van der Waals surface area contributed by atoms with Crippen LogP contribution in [0.5, 0.6) is 0 Å². The van der Waals surface area contributed by atoms with Crippen LogP contribution in [0.2, 0.25) is 0 Å². The van der Waals surface area contributed by atoms with Crippen LogP contribution in [0.4, 0.5) is 0 Å². The normalized spacial score (nSPS) is 9.59. The summed E-state index contributed by atoms with van der Waals surface area (Å²) in [5.41, 5.74) is 0. The van der Waals surface area contributed by atoms with Crippen LogP contribution in [0.15, 0.2) is 0 Å². The standard InChI is InChI=1S/B37H9/c1-20-30(21(2)3)35(31(22(4)5)23(6)7)37(34(28(16)17)29(18)19)36(32(24(8)9)25(10)11)33(26(12)13)27(14)15/h1-3H3/q-3. The molecule has 0 aliphatic rings. The summed E-state index contributed by atoms with van der Waals surface area (Å²) < 4.78 is 0. The smallest absolute Gasteiger partial charge is 0.000000000000246 e. The molecule has 0 N–H and O–H groups in total. The third-order valence-corrected chi connectivity index (χ3v) is 6.67. The molecule has 0 unspecified atom stereocenters. The minimum atomic E-state index is -1.01. The van der Waals surface area contributed by atoms with Crippen molar-refractivity contribution < 1.29 is 0 Å². The molecule has 0 aliphatic carbocycles. The van der Waals surface area contributed by atoms with Crippen LogP contribution in [0.3, 0.4) is 0 Å². The third-order valence-electron chi connectivity index (χ3n) is 6.67. The first kappa shape index (κ1) is 39.4. The first-order chi connectivity index (χ1) is 16.8. The van der Waals surface area contributed by atoms with Crippen molar-refractivity contribution in [3.63, 3.8) is 0 Å². The number of rotatable bonds is 17. The molecular formula is H9B37-3. The van der Waals surface area contributed by atoms with Gasteiger partial charge in [0.2, 0.25) is 0 Å². The Morgan fingerprint density at radius 1 is 0.324 bits per heavy atom. The van der Waals surface area contributed by atoms with Gasteiger partial charge in [-0.05, 0) is 220 Å². The Bertz CT molecular complexity index is 523. The maximum atomic E-state index is 6.37. The molecule has 0 bridgehead atoms. The second-order valence-corrected chi connectivity index (χ2v) is 9.24. The van der Waals surface area contributed by atoms with Gasteiger partial charge < -0.3 is 0 Å². The molecule has 0 spiro atoms. The zero-order valence-electron chi connectivity index (χ0n) is 19.6. The van der Waals surface area contributed by atoms with Crippen LogP contribution in [-0.4, -0.2) is 263 Å². The lowest BCUT2D eigenvalue weighted by molar-refractivity contribution is 3.23. The lowest BCUT2D eigenvalue weighted by atomic mass is 8.28. The Morgan fingerprint density at radius 3 is 0.676 bits per heavy atom. The Morgan fingerprint density at radius 2 is 0.514 bits per heavy atom. The molecule has 37 heavy (non-hydrogen) atoms. The van der Waals surface area contributed by atoms with E-state index in [2.05, 4.69) is 7.06 Å². The average molecular weight is 409 g/mol. The van der Waals surface area contributed by atoms with Crippen LogP contribution in [0.1, 0.15) is 0 Å². The van der Waals surface area contributed by atoms with E-state index in [0.717, 1.165) is 0 Å². The van der Waals surface area contributed by atoms with Gasteiger partial charge in [-0.15, -0.1) is 15.5 Å². The monoisotopic (exact) mass is 416 g/mol. The fourth-order valence-corrected chi connectivity index (χ4v) is 5.39. The zero-order chi connectivity index (χ0) is 29.5. The SMILES string of the molecule is [B]B([B])B(B([B])[B])B(B([B][BH3-])B([BH3-])[BH3-])B(B(B([B])[B])B([B])[B])B(B(B([B])[B])B([B])[B])B(B([B])[B])B([B])[B]. The summed E-state index contributed by atoms with van der Waals surface area (Å²) >= 11 is 0. The predicted molar refractivity (Wildman–Crippen MR) is 225 cm³/mol. The zero-order valence-corrected chi connectivity index (χ0v) is 19.6.